The zero-order valence-corrected chi connectivity index (χ0v) is 19.1. The molecule has 3 saturated heterocycles. The summed E-state index contributed by atoms with van der Waals surface area (Å²) in [6, 6.07) is 1.08. The Morgan fingerprint density at radius 3 is 2.62 bits per heavy atom. The first-order chi connectivity index (χ1) is 13.8. The van der Waals surface area contributed by atoms with Crippen LogP contribution >= 0.6 is 11.8 Å². The molecule has 0 aromatic rings. The number of carbonyl (C=O) groups is 2. The van der Waals surface area contributed by atoms with Crippen molar-refractivity contribution in [3.63, 3.8) is 0 Å². The van der Waals surface area contributed by atoms with Gasteiger partial charge in [0.2, 0.25) is 11.8 Å². The van der Waals surface area contributed by atoms with E-state index in [1.807, 2.05) is 7.05 Å². The zero-order valence-electron chi connectivity index (χ0n) is 18.3. The van der Waals surface area contributed by atoms with E-state index in [9.17, 15) is 9.59 Å². The van der Waals surface area contributed by atoms with E-state index in [1.165, 1.54) is 0 Å². The molecule has 0 radical (unpaired) electrons. The number of fused-ring (bicyclic) bond motifs is 1. The summed E-state index contributed by atoms with van der Waals surface area (Å²) in [6.07, 6.45) is 5.14. The molecule has 3 aliphatic heterocycles. The van der Waals surface area contributed by atoms with Crippen LogP contribution in [-0.4, -0.2) is 65.6 Å². The molecule has 1 saturated carbocycles. The molecule has 3 heterocycles. The van der Waals surface area contributed by atoms with Crippen LogP contribution in [0.5, 0.6) is 0 Å². The predicted octanol–water partition coefficient (Wildman–Crippen LogP) is 1.80. The Kier molecular flexibility index (Phi) is 6.47. The topological polar surface area (TPSA) is 73.5 Å². The van der Waals surface area contributed by atoms with Crippen molar-refractivity contribution in [3.05, 3.63) is 0 Å². The SMILES string of the molecule is CC1CC2C(CN1)CC(C1CC(NC(=O)C3CNC(C)S3)CCC1C)C(=O)N2C. The van der Waals surface area contributed by atoms with E-state index in [0.29, 0.717) is 41.1 Å². The molecule has 0 aromatic carbocycles. The van der Waals surface area contributed by atoms with E-state index in [0.717, 1.165) is 45.2 Å². The summed E-state index contributed by atoms with van der Waals surface area (Å²) in [4.78, 5) is 28.1. The maximum absolute atomic E-state index is 13.3. The summed E-state index contributed by atoms with van der Waals surface area (Å²) in [5, 5.41) is 10.6. The van der Waals surface area contributed by atoms with Gasteiger partial charge >= 0.3 is 0 Å². The van der Waals surface area contributed by atoms with Gasteiger partial charge in [-0.3, -0.25) is 9.59 Å². The standard InChI is InChI=1S/C22H38N4O2S/c1-12-5-6-16(25-21(27)20-11-24-14(3)29-20)9-17(12)18-8-15-10-23-13(2)7-19(15)26(4)22(18)28/h12-20,23-24H,5-11H2,1-4H3,(H,25,27). The number of rotatable bonds is 3. The van der Waals surface area contributed by atoms with Crippen molar-refractivity contribution < 1.29 is 9.59 Å². The molecule has 3 N–H and O–H groups in total. The van der Waals surface area contributed by atoms with Crippen molar-refractivity contribution in [3.8, 4) is 0 Å². The van der Waals surface area contributed by atoms with Gasteiger partial charge in [0.05, 0.1) is 10.6 Å². The molecule has 164 valence electrons. The van der Waals surface area contributed by atoms with E-state index in [4.69, 9.17) is 0 Å². The number of hydrogen-bond acceptors (Lipinski definition) is 5. The van der Waals surface area contributed by atoms with Gasteiger partial charge in [-0.2, -0.15) is 0 Å². The first kappa shape index (κ1) is 21.4. The van der Waals surface area contributed by atoms with Gasteiger partial charge in [-0.1, -0.05) is 6.92 Å². The van der Waals surface area contributed by atoms with Crippen LogP contribution in [-0.2, 0) is 9.59 Å². The van der Waals surface area contributed by atoms with E-state index in [1.54, 1.807) is 11.8 Å². The third-order valence-corrected chi connectivity index (χ3v) is 9.24. The van der Waals surface area contributed by atoms with Crippen molar-refractivity contribution in [1.29, 1.82) is 0 Å². The van der Waals surface area contributed by atoms with Crippen LogP contribution < -0.4 is 16.0 Å². The zero-order chi connectivity index (χ0) is 20.7. The van der Waals surface area contributed by atoms with E-state index in [-0.39, 0.29) is 23.1 Å². The molecule has 4 rings (SSSR count). The third kappa shape index (κ3) is 4.47. The predicted molar refractivity (Wildman–Crippen MR) is 118 cm³/mol. The van der Waals surface area contributed by atoms with Crippen LogP contribution in [0, 0.1) is 23.7 Å². The number of carbonyl (C=O) groups excluding carboxylic acids is 2. The fraction of sp³-hybridized carbons (Fsp3) is 0.909. The second-order valence-corrected chi connectivity index (χ2v) is 11.5. The molecule has 6 nitrogen and oxygen atoms in total. The van der Waals surface area contributed by atoms with Crippen LogP contribution in [0.2, 0.25) is 0 Å². The van der Waals surface area contributed by atoms with Gasteiger partial charge in [0.25, 0.3) is 0 Å². The minimum absolute atomic E-state index is 0.0151. The molecule has 0 aromatic heterocycles. The maximum atomic E-state index is 13.3. The quantitative estimate of drug-likeness (QED) is 0.647. The highest BCUT2D eigenvalue weighted by atomic mass is 32.2. The molecule has 0 bridgehead atoms. The summed E-state index contributed by atoms with van der Waals surface area (Å²) in [5.74, 6) is 2.09. The van der Waals surface area contributed by atoms with E-state index < -0.39 is 0 Å². The summed E-state index contributed by atoms with van der Waals surface area (Å²) < 4.78 is 0. The lowest BCUT2D eigenvalue weighted by Crippen LogP contribution is -2.60. The number of thioether (sulfide) groups is 1. The fourth-order valence-corrected chi connectivity index (χ4v) is 7.23. The van der Waals surface area contributed by atoms with Gasteiger partial charge in [0, 0.05) is 44.2 Å². The molecule has 2 amide bonds. The van der Waals surface area contributed by atoms with Crippen molar-refractivity contribution in [2.75, 3.05) is 20.1 Å². The van der Waals surface area contributed by atoms with Crippen LogP contribution in [0.25, 0.3) is 0 Å². The summed E-state index contributed by atoms with van der Waals surface area (Å²) in [7, 11) is 2.02. The first-order valence-corrected chi connectivity index (χ1v) is 12.5. The average Bonchev–Trinajstić information content (AvgIpc) is 3.13. The molecule has 7 heteroatoms. The highest BCUT2D eigenvalue weighted by molar-refractivity contribution is 8.01. The van der Waals surface area contributed by atoms with E-state index >= 15 is 0 Å². The third-order valence-electron chi connectivity index (χ3n) is 7.96. The monoisotopic (exact) mass is 422 g/mol. The normalized spacial score (nSPS) is 45.7. The summed E-state index contributed by atoms with van der Waals surface area (Å²) in [6.45, 7) is 8.41. The van der Waals surface area contributed by atoms with Crippen LogP contribution in [0.1, 0.15) is 52.9 Å². The Morgan fingerprint density at radius 1 is 1.10 bits per heavy atom. The van der Waals surface area contributed by atoms with E-state index in [2.05, 4.69) is 41.6 Å². The van der Waals surface area contributed by atoms with Gasteiger partial charge in [-0.15, -0.1) is 11.8 Å². The van der Waals surface area contributed by atoms with Crippen LogP contribution in [0.3, 0.4) is 0 Å². The van der Waals surface area contributed by atoms with Gasteiger partial charge in [-0.25, -0.2) is 0 Å². The lowest BCUT2D eigenvalue weighted by atomic mass is 9.65. The van der Waals surface area contributed by atoms with Gasteiger partial charge in [-0.05, 0) is 63.7 Å². The lowest BCUT2D eigenvalue weighted by molar-refractivity contribution is -0.148. The second-order valence-electron chi connectivity index (χ2n) is 10.00. The minimum atomic E-state index is 0.0151. The molecule has 1 aliphatic carbocycles. The van der Waals surface area contributed by atoms with Crippen LogP contribution in [0.4, 0.5) is 0 Å². The Balaban J connectivity index is 1.40. The lowest BCUT2D eigenvalue weighted by Gasteiger charge is -2.50. The van der Waals surface area contributed by atoms with Gasteiger partial charge in [0.15, 0.2) is 0 Å². The molecule has 0 spiro atoms. The highest BCUT2D eigenvalue weighted by Crippen LogP contribution is 2.43. The average molecular weight is 423 g/mol. The number of piperidine rings is 2. The molecule has 29 heavy (non-hydrogen) atoms. The minimum Gasteiger partial charge on any atom is -0.352 e. The van der Waals surface area contributed by atoms with Crippen LogP contribution in [0.15, 0.2) is 0 Å². The highest BCUT2D eigenvalue weighted by Gasteiger charge is 2.47. The maximum Gasteiger partial charge on any atom is 0.234 e. The molecule has 4 aliphatic rings. The first-order valence-electron chi connectivity index (χ1n) is 11.5. The molecule has 9 unspecified atom stereocenters. The second kappa shape index (κ2) is 8.75. The molecule has 4 fully saturated rings. The fourth-order valence-electron chi connectivity index (χ4n) is 6.16. The van der Waals surface area contributed by atoms with Crippen molar-refractivity contribution >= 4 is 23.6 Å². The number of likely N-dealkylation sites (tertiary alicyclic amines) is 1. The molecular weight excluding hydrogens is 384 g/mol. The van der Waals surface area contributed by atoms with Crippen molar-refractivity contribution in [1.82, 2.24) is 20.9 Å². The Bertz CT molecular complexity index is 632. The van der Waals surface area contributed by atoms with Crippen molar-refractivity contribution in [2.45, 2.75) is 81.6 Å². The number of amides is 2. The summed E-state index contributed by atoms with van der Waals surface area (Å²) in [5.41, 5.74) is 0. The smallest absolute Gasteiger partial charge is 0.234 e. The van der Waals surface area contributed by atoms with Crippen molar-refractivity contribution in [2.24, 2.45) is 23.7 Å². The number of nitrogens with zero attached hydrogens (tertiary/aromatic N) is 1. The Labute approximate surface area is 179 Å². The van der Waals surface area contributed by atoms with Gasteiger partial charge in [0.1, 0.15) is 0 Å². The number of hydrogen-bond donors (Lipinski definition) is 3. The Morgan fingerprint density at radius 2 is 1.90 bits per heavy atom. The molecular formula is C22H38N4O2S. The summed E-state index contributed by atoms with van der Waals surface area (Å²) >= 11 is 1.71. The largest absolute Gasteiger partial charge is 0.352 e. The van der Waals surface area contributed by atoms with Gasteiger partial charge < -0.3 is 20.9 Å². The molecule has 9 atom stereocenters. The number of nitrogens with one attached hydrogen (secondary N) is 3. The Hall–Kier alpha value is -0.790.